The lowest BCUT2D eigenvalue weighted by molar-refractivity contribution is 0.122. The Labute approximate surface area is 77.1 Å². The van der Waals surface area contributed by atoms with Crippen LogP contribution in [0.4, 0.5) is 0 Å². The molecule has 0 saturated carbocycles. The Kier molecular flexibility index (Phi) is 3.59. The van der Waals surface area contributed by atoms with Crippen LogP contribution in [-0.4, -0.2) is 6.26 Å². The third-order valence-corrected chi connectivity index (χ3v) is 2.50. The minimum atomic E-state index is 0.483. The van der Waals surface area contributed by atoms with Crippen LogP contribution >= 0.6 is 11.8 Å². The first-order valence-electron chi connectivity index (χ1n) is 3.73. The molecule has 2 N–H and O–H groups in total. The molecule has 0 aliphatic heterocycles. The number of rotatable bonds is 3. The van der Waals surface area contributed by atoms with Crippen molar-refractivity contribution in [3.63, 3.8) is 0 Å². The highest BCUT2D eigenvalue weighted by Gasteiger charge is 2.00. The molecule has 3 heteroatoms. The summed E-state index contributed by atoms with van der Waals surface area (Å²) >= 11 is 1.71. The standard InChI is InChI=1S/C9H13NOS/c1-7-3-4-8(6-11-10)9(5-7)12-2/h3-5H,6,10H2,1-2H3. The average molecular weight is 183 g/mol. The van der Waals surface area contributed by atoms with Crippen LogP contribution in [0.5, 0.6) is 0 Å². The number of hydrogen-bond acceptors (Lipinski definition) is 3. The SMILES string of the molecule is CSc1cc(C)ccc1CON. The Morgan fingerprint density at radius 1 is 1.50 bits per heavy atom. The Hall–Kier alpha value is -0.510. The highest BCUT2D eigenvalue weighted by atomic mass is 32.2. The van der Waals surface area contributed by atoms with E-state index in [1.165, 1.54) is 10.5 Å². The third-order valence-electron chi connectivity index (χ3n) is 1.68. The largest absolute Gasteiger partial charge is 0.300 e. The van der Waals surface area contributed by atoms with Crippen LogP contribution in [-0.2, 0) is 11.4 Å². The van der Waals surface area contributed by atoms with Crippen LogP contribution in [0.1, 0.15) is 11.1 Å². The van der Waals surface area contributed by atoms with Crippen molar-refractivity contribution in [1.82, 2.24) is 0 Å². The van der Waals surface area contributed by atoms with Gasteiger partial charge >= 0.3 is 0 Å². The summed E-state index contributed by atoms with van der Waals surface area (Å²) in [6.07, 6.45) is 2.05. The van der Waals surface area contributed by atoms with E-state index in [-0.39, 0.29) is 0 Å². The van der Waals surface area contributed by atoms with Crippen molar-refractivity contribution in [1.29, 1.82) is 0 Å². The van der Waals surface area contributed by atoms with Crippen LogP contribution in [0.25, 0.3) is 0 Å². The summed E-state index contributed by atoms with van der Waals surface area (Å²) in [5.41, 5.74) is 2.41. The first kappa shape index (κ1) is 9.58. The van der Waals surface area contributed by atoms with Gasteiger partial charge in [-0.3, -0.25) is 4.84 Å². The van der Waals surface area contributed by atoms with Crippen LogP contribution in [0, 0.1) is 6.92 Å². The summed E-state index contributed by atoms with van der Waals surface area (Å²) in [4.78, 5) is 5.83. The lowest BCUT2D eigenvalue weighted by Crippen LogP contribution is -2.00. The molecular weight excluding hydrogens is 170 g/mol. The summed E-state index contributed by atoms with van der Waals surface area (Å²) in [5.74, 6) is 5.01. The molecule has 0 radical (unpaired) electrons. The molecule has 1 aromatic rings. The minimum absolute atomic E-state index is 0.483. The molecule has 0 heterocycles. The van der Waals surface area contributed by atoms with Crippen molar-refractivity contribution in [2.24, 2.45) is 5.90 Å². The van der Waals surface area contributed by atoms with Crippen LogP contribution in [0.2, 0.25) is 0 Å². The van der Waals surface area contributed by atoms with E-state index < -0.39 is 0 Å². The van der Waals surface area contributed by atoms with Gasteiger partial charge in [-0.15, -0.1) is 11.8 Å². The molecule has 0 aromatic heterocycles. The van der Waals surface area contributed by atoms with Gasteiger partial charge in [0.1, 0.15) is 0 Å². The molecular formula is C9H13NOS. The van der Waals surface area contributed by atoms with Crippen molar-refractivity contribution < 1.29 is 4.84 Å². The van der Waals surface area contributed by atoms with Gasteiger partial charge in [0.2, 0.25) is 0 Å². The predicted molar refractivity (Wildman–Crippen MR) is 51.9 cm³/mol. The zero-order valence-corrected chi connectivity index (χ0v) is 8.15. The van der Waals surface area contributed by atoms with Crippen molar-refractivity contribution in [2.75, 3.05) is 6.26 Å². The molecule has 0 aliphatic carbocycles. The first-order valence-corrected chi connectivity index (χ1v) is 4.95. The van der Waals surface area contributed by atoms with Gasteiger partial charge in [-0.25, -0.2) is 5.90 Å². The summed E-state index contributed by atoms with van der Waals surface area (Å²) in [6.45, 7) is 2.56. The quantitative estimate of drug-likeness (QED) is 0.576. The molecule has 0 spiro atoms. The molecule has 0 bridgehead atoms. The average Bonchev–Trinajstić information content (AvgIpc) is 2.08. The van der Waals surface area contributed by atoms with E-state index in [1.807, 2.05) is 6.07 Å². The Morgan fingerprint density at radius 2 is 2.25 bits per heavy atom. The highest BCUT2D eigenvalue weighted by Crippen LogP contribution is 2.21. The van der Waals surface area contributed by atoms with Crippen molar-refractivity contribution >= 4 is 11.8 Å². The molecule has 0 fully saturated rings. The summed E-state index contributed by atoms with van der Waals surface area (Å²) in [7, 11) is 0. The second-order valence-electron chi connectivity index (χ2n) is 2.63. The van der Waals surface area contributed by atoms with Gasteiger partial charge in [0.25, 0.3) is 0 Å². The van der Waals surface area contributed by atoms with E-state index >= 15 is 0 Å². The fourth-order valence-corrected chi connectivity index (χ4v) is 1.75. The monoisotopic (exact) mass is 183 g/mol. The molecule has 66 valence electrons. The van der Waals surface area contributed by atoms with E-state index in [4.69, 9.17) is 5.90 Å². The van der Waals surface area contributed by atoms with Crippen molar-refractivity contribution in [3.05, 3.63) is 29.3 Å². The van der Waals surface area contributed by atoms with Crippen LogP contribution in [0.3, 0.4) is 0 Å². The normalized spacial score (nSPS) is 10.2. The number of thioether (sulfide) groups is 1. The predicted octanol–water partition coefficient (Wildman–Crippen LogP) is 2.11. The van der Waals surface area contributed by atoms with Gasteiger partial charge in [-0.2, -0.15) is 0 Å². The first-order chi connectivity index (χ1) is 5.77. The van der Waals surface area contributed by atoms with E-state index in [0.29, 0.717) is 6.61 Å². The van der Waals surface area contributed by atoms with Crippen LogP contribution < -0.4 is 5.90 Å². The lowest BCUT2D eigenvalue weighted by Gasteiger charge is -2.06. The molecule has 2 nitrogen and oxygen atoms in total. The molecule has 1 aromatic carbocycles. The Balaban J connectivity index is 2.94. The van der Waals surface area contributed by atoms with Gasteiger partial charge in [0.15, 0.2) is 0 Å². The fraction of sp³-hybridized carbons (Fsp3) is 0.333. The van der Waals surface area contributed by atoms with Gasteiger partial charge in [0.05, 0.1) is 6.61 Å². The van der Waals surface area contributed by atoms with Gasteiger partial charge in [0, 0.05) is 4.90 Å². The fourth-order valence-electron chi connectivity index (χ4n) is 1.06. The minimum Gasteiger partial charge on any atom is -0.300 e. The molecule has 0 unspecified atom stereocenters. The number of benzene rings is 1. The van der Waals surface area contributed by atoms with Crippen LogP contribution in [0.15, 0.2) is 23.1 Å². The third kappa shape index (κ3) is 2.24. The summed E-state index contributed by atoms with van der Waals surface area (Å²) < 4.78 is 0. The molecule has 12 heavy (non-hydrogen) atoms. The summed E-state index contributed by atoms with van der Waals surface area (Å²) in [6, 6.07) is 6.25. The maximum absolute atomic E-state index is 5.01. The van der Waals surface area contributed by atoms with Gasteiger partial charge < -0.3 is 0 Å². The molecule has 0 amide bonds. The zero-order chi connectivity index (χ0) is 8.97. The topological polar surface area (TPSA) is 35.2 Å². The lowest BCUT2D eigenvalue weighted by atomic mass is 10.2. The Morgan fingerprint density at radius 3 is 2.83 bits per heavy atom. The number of hydrogen-bond donors (Lipinski definition) is 1. The van der Waals surface area contributed by atoms with E-state index in [9.17, 15) is 0 Å². The molecule has 1 rings (SSSR count). The van der Waals surface area contributed by atoms with E-state index in [1.54, 1.807) is 11.8 Å². The maximum Gasteiger partial charge on any atom is 0.0940 e. The second-order valence-corrected chi connectivity index (χ2v) is 3.47. The van der Waals surface area contributed by atoms with Crippen molar-refractivity contribution in [3.8, 4) is 0 Å². The molecule has 0 atom stereocenters. The van der Waals surface area contributed by atoms with E-state index in [2.05, 4.69) is 30.1 Å². The van der Waals surface area contributed by atoms with E-state index in [0.717, 1.165) is 5.56 Å². The van der Waals surface area contributed by atoms with Gasteiger partial charge in [-0.1, -0.05) is 12.1 Å². The number of nitrogens with two attached hydrogens (primary N) is 1. The molecule has 0 saturated heterocycles. The zero-order valence-electron chi connectivity index (χ0n) is 7.33. The molecule has 0 aliphatic rings. The maximum atomic E-state index is 5.01. The highest BCUT2D eigenvalue weighted by molar-refractivity contribution is 7.98. The Bertz CT molecular complexity index is 263. The smallest absolute Gasteiger partial charge is 0.0940 e. The number of aryl methyl sites for hydroxylation is 1. The second kappa shape index (κ2) is 4.50. The summed E-state index contributed by atoms with van der Waals surface area (Å²) in [5, 5.41) is 0. The van der Waals surface area contributed by atoms with Gasteiger partial charge in [-0.05, 0) is 30.4 Å². The van der Waals surface area contributed by atoms with Crippen molar-refractivity contribution in [2.45, 2.75) is 18.4 Å².